The Morgan fingerprint density at radius 3 is 1.59 bits per heavy atom. The van der Waals surface area contributed by atoms with Gasteiger partial charge in [-0.15, -0.1) is 0 Å². The third kappa shape index (κ3) is 12.4. The largest absolute Gasteiger partial charge is 0.444 e. The van der Waals surface area contributed by atoms with Crippen molar-refractivity contribution in [2.24, 2.45) is 11.8 Å². The highest BCUT2D eigenvalue weighted by atomic mass is 19.1. The van der Waals surface area contributed by atoms with E-state index in [0.29, 0.717) is 67.4 Å². The molecule has 1 N–H and O–H groups in total. The molecule has 8 heterocycles. The number of likely N-dealkylation sites (tertiary alicyclic amines) is 2. The summed E-state index contributed by atoms with van der Waals surface area (Å²) in [5, 5.41) is 19.1. The van der Waals surface area contributed by atoms with Crippen LogP contribution in [0.3, 0.4) is 0 Å². The Morgan fingerprint density at radius 1 is 0.628 bits per heavy atom. The number of piperidine rings is 2. The first-order valence-electron chi connectivity index (χ1n) is 26.3. The van der Waals surface area contributed by atoms with Gasteiger partial charge in [-0.1, -0.05) is 0 Å². The van der Waals surface area contributed by atoms with Gasteiger partial charge < -0.3 is 34.2 Å². The van der Waals surface area contributed by atoms with Crippen LogP contribution in [0.15, 0.2) is 73.3 Å². The van der Waals surface area contributed by atoms with Crippen molar-refractivity contribution >= 4 is 52.5 Å². The number of aliphatic hydroxyl groups excluding tert-OH is 1. The summed E-state index contributed by atoms with van der Waals surface area (Å²) in [6, 6.07) is 9.59. The van der Waals surface area contributed by atoms with E-state index >= 15 is 0 Å². The summed E-state index contributed by atoms with van der Waals surface area (Å²) in [6.45, 7) is 12.8. The number of rotatable bonds is 10. The number of carbonyl (C=O) groups is 5. The molecule has 4 fully saturated rings. The fourth-order valence-electron chi connectivity index (χ4n) is 10.7. The first-order chi connectivity index (χ1) is 37.0. The molecule has 5 atom stereocenters. The zero-order chi connectivity index (χ0) is 55.8. The van der Waals surface area contributed by atoms with E-state index in [-0.39, 0.29) is 79.0 Å². The molecule has 4 aliphatic heterocycles. The van der Waals surface area contributed by atoms with Gasteiger partial charge in [-0.3, -0.25) is 14.4 Å². The Morgan fingerprint density at radius 2 is 1.10 bits per heavy atom. The second-order valence-electron chi connectivity index (χ2n) is 22.4. The van der Waals surface area contributed by atoms with Crippen LogP contribution >= 0.6 is 0 Å². The molecule has 0 bridgehead atoms. The molecule has 0 radical (unpaired) electrons. The number of aromatic nitrogens is 6. The van der Waals surface area contributed by atoms with Gasteiger partial charge in [0.15, 0.2) is 22.9 Å². The second-order valence-corrected chi connectivity index (χ2v) is 22.4. The van der Waals surface area contributed by atoms with Crippen molar-refractivity contribution in [1.29, 1.82) is 0 Å². The number of ether oxygens (including phenoxy) is 2. The van der Waals surface area contributed by atoms with E-state index in [1.54, 1.807) is 66.1 Å². The zero-order valence-electron chi connectivity index (χ0n) is 44.5. The Labute approximate surface area is 448 Å². The van der Waals surface area contributed by atoms with Crippen molar-refractivity contribution in [3.63, 3.8) is 0 Å². The quantitative estimate of drug-likeness (QED) is 0.101. The average molecular weight is 1080 g/mol. The summed E-state index contributed by atoms with van der Waals surface area (Å²) in [5.41, 5.74) is 0.446. The number of nitrogens with zero attached hydrogens (tertiary/aromatic N) is 10. The zero-order valence-corrected chi connectivity index (χ0v) is 44.5. The lowest BCUT2D eigenvalue weighted by Crippen LogP contribution is -2.48. The molecule has 3 unspecified atom stereocenters. The van der Waals surface area contributed by atoms with Gasteiger partial charge in [0, 0.05) is 93.9 Å². The minimum absolute atomic E-state index is 0.00850. The maximum Gasteiger partial charge on any atom is 0.410 e. The van der Waals surface area contributed by atoms with Crippen molar-refractivity contribution in [2.45, 2.75) is 122 Å². The van der Waals surface area contributed by atoms with Gasteiger partial charge in [-0.25, -0.2) is 46.1 Å². The number of halogens is 4. The lowest BCUT2D eigenvalue weighted by Gasteiger charge is -2.36. The van der Waals surface area contributed by atoms with Crippen molar-refractivity contribution < 1.29 is 56.1 Å². The summed E-state index contributed by atoms with van der Waals surface area (Å²) in [5.74, 6) is -2.66. The van der Waals surface area contributed by atoms with Crippen molar-refractivity contribution in [3.05, 3.63) is 119 Å². The van der Waals surface area contributed by atoms with Gasteiger partial charge in [-0.2, -0.15) is 10.2 Å². The minimum atomic E-state index is -0.732. The highest BCUT2D eigenvalue weighted by molar-refractivity contribution is 6.04. The lowest BCUT2D eigenvalue weighted by molar-refractivity contribution is -0.125. The number of anilines is 2. The molecule has 414 valence electrons. The summed E-state index contributed by atoms with van der Waals surface area (Å²) in [4.78, 5) is 80.7. The van der Waals surface area contributed by atoms with Gasteiger partial charge in [0.25, 0.3) is 0 Å². The standard InChI is InChI=1S/C28H33F2N5O4.C28H31F2N5O4/c2*1-28(2,3)39-27(38)33-11-8-23(36)17(16-33)13-24(37)20-15-31-35-12-9-25(32-26(20)35)34-10-4-5-22(34)19-14-18(29)6-7-21(19)30/h6-7,9,12,14-15,17,22-23,36H,4-5,8,10-11,13,16H2,1-3H3;6-7,9,12,14-15,17,22H,4-5,8,10-11,13,16H2,1-3H3/t17?,22-,23?;17?,22-/m11/s1. The van der Waals surface area contributed by atoms with Crippen LogP contribution in [0.25, 0.3) is 11.3 Å². The van der Waals surface area contributed by atoms with Crippen molar-refractivity contribution in [1.82, 2.24) is 39.0 Å². The van der Waals surface area contributed by atoms with Crippen molar-refractivity contribution in [3.8, 4) is 0 Å². The maximum atomic E-state index is 14.6. The smallest absolute Gasteiger partial charge is 0.410 e. The number of Topliss-reactive ketones (excluding diaryl/α,β-unsaturated/α-hetero) is 3. The summed E-state index contributed by atoms with van der Waals surface area (Å²) < 4.78 is 70.8. The predicted octanol–water partition coefficient (Wildman–Crippen LogP) is 9.29. The van der Waals surface area contributed by atoms with Crippen LogP contribution in [0.1, 0.15) is 137 Å². The van der Waals surface area contributed by atoms with Crippen LogP contribution in [0.5, 0.6) is 0 Å². The molecular weight excluding hydrogens is 1020 g/mol. The molecule has 6 aromatic rings. The molecule has 2 aromatic carbocycles. The second kappa shape index (κ2) is 22.5. The summed E-state index contributed by atoms with van der Waals surface area (Å²) in [7, 11) is 0. The van der Waals surface area contributed by atoms with E-state index in [1.807, 2.05) is 9.80 Å². The van der Waals surface area contributed by atoms with E-state index in [4.69, 9.17) is 14.5 Å². The Bertz CT molecular complexity index is 3250. The Balaban J connectivity index is 0.000000190. The van der Waals surface area contributed by atoms with Crippen LogP contribution in [0.2, 0.25) is 0 Å². The van der Waals surface area contributed by atoms with Crippen LogP contribution in [-0.2, 0) is 14.3 Å². The molecule has 22 heteroatoms. The predicted molar refractivity (Wildman–Crippen MR) is 278 cm³/mol. The number of carbonyl (C=O) groups excluding carboxylic acids is 5. The molecule has 4 saturated heterocycles. The average Bonchev–Trinajstić information content (AvgIpc) is 4.27. The first-order valence-corrected chi connectivity index (χ1v) is 26.3. The van der Waals surface area contributed by atoms with E-state index in [0.717, 1.165) is 37.1 Å². The number of amides is 2. The monoisotopic (exact) mass is 1080 g/mol. The molecule has 78 heavy (non-hydrogen) atoms. The topological polar surface area (TPSA) is 197 Å². The molecule has 10 rings (SSSR count). The highest BCUT2D eigenvalue weighted by Gasteiger charge is 2.38. The fourth-order valence-corrected chi connectivity index (χ4v) is 10.7. The summed E-state index contributed by atoms with van der Waals surface area (Å²) >= 11 is 0. The van der Waals surface area contributed by atoms with Crippen LogP contribution < -0.4 is 9.80 Å². The number of ketones is 3. The van der Waals surface area contributed by atoms with E-state index < -0.39 is 70.6 Å². The first kappa shape index (κ1) is 55.3. The van der Waals surface area contributed by atoms with E-state index in [9.17, 15) is 46.6 Å². The maximum absolute atomic E-state index is 14.6. The normalized spacial score (nSPS) is 21.0. The Kier molecular flexibility index (Phi) is 15.9. The molecule has 0 saturated carbocycles. The van der Waals surface area contributed by atoms with Gasteiger partial charge in [0.05, 0.1) is 41.7 Å². The van der Waals surface area contributed by atoms with Crippen molar-refractivity contribution in [2.75, 3.05) is 49.1 Å². The van der Waals surface area contributed by atoms with E-state index in [1.165, 1.54) is 43.4 Å². The number of hydrogen-bond donors (Lipinski definition) is 1. The number of fused-ring (bicyclic) bond motifs is 2. The molecule has 0 spiro atoms. The highest BCUT2D eigenvalue weighted by Crippen LogP contribution is 2.39. The van der Waals surface area contributed by atoms with Crippen LogP contribution in [0, 0.1) is 35.1 Å². The molecule has 0 aliphatic carbocycles. The molecule has 2 amide bonds. The van der Waals surface area contributed by atoms with Gasteiger partial charge in [0.1, 0.15) is 51.9 Å². The Hall–Kier alpha value is -7.49. The molecule has 4 aromatic heterocycles. The number of aliphatic hydroxyl groups is 1. The van der Waals surface area contributed by atoms with E-state index in [2.05, 4.69) is 15.2 Å². The van der Waals surface area contributed by atoms with Crippen LogP contribution in [0.4, 0.5) is 38.8 Å². The lowest BCUT2D eigenvalue weighted by atomic mass is 9.89. The molecular formula is C56H64F4N10O8. The van der Waals surface area contributed by atoms with Crippen LogP contribution in [-0.4, -0.2) is 130 Å². The van der Waals surface area contributed by atoms with Gasteiger partial charge >= 0.3 is 12.2 Å². The number of hydrogen-bond acceptors (Lipinski definition) is 14. The summed E-state index contributed by atoms with van der Waals surface area (Å²) in [6.07, 6.45) is 7.77. The van der Waals surface area contributed by atoms with Gasteiger partial charge in [-0.05, 0) is 122 Å². The minimum Gasteiger partial charge on any atom is -0.444 e. The van der Waals surface area contributed by atoms with Gasteiger partial charge in [0.2, 0.25) is 0 Å². The molecule has 18 nitrogen and oxygen atoms in total. The number of benzene rings is 2. The SMILES string of the molecule is CC(C)(C)OC(=O)N1CCC(=O)C(CC(=O)c2cnn3ccc(N4CCC[C@@H]4c4cc(F)ccc4F)nc23)C1.CC(C)(C)OC(=O)N1CCC(O)C(CC(=O)c2cnn3ccc(N4CCC[C@@H]4c4cc(F)ccc4F)nc23)C1. The fraction of sp³-hybridized carbons (Fsp3) is 0.482. The third-order valence-electron chi connectivity index (χ3n) is 14.4. The third-order valence-corrected chi connectivity index (χ3v) is 14.4. The molecule has 4 aliphatic rings.